The Morgan fingerprint density at radius 3 is 2.67 bits per heavy atom. The summed E-state index contributed by atoms with van der Waals surface area (Å²) in [5.41, 5.74) is 1.38. The maximum Gasteiger partial charge on any atom is 0.303 e. The zero-order chi connectivity index (χ0) is 11.4. The maximum atomic E-state index is 10.5. The van der Waals surface area contributed by atoms with Crippen molar-refractivity contribution in [3.05, 3.63) is 21.4 Å². The average molecular weight is 226 g/mol. The van der Waals surface area contributed by atoms with Crippen LogP contribution in [0.4, 0.5) is 0 Å². The van der Waals surface area contributed by atoms with Gasteiger partial charge in [-0.05, 0) is 44.2 Å². The van der Waals surface area contributed by atoms with Crippen LogP contribution in [0.25, 0.3) is 0 Å². The van der Waals surface area contributed by atoms with Gasteiger partial charge in [0.2, 0.25) is 0 Å². The van der Waals surface area contributed by atoms with Gasteiger partial charge in [0.25, 0.3) is 0 Å². The highest BCUT2D eigenvalue weighted by molar-refractivity contribution is 7.12. The molecule has 2 nitrogen and oxygen atoms in total. The summed E-state index contributed by atoms with van der Waals surface area (Å²) in [6, 6.07) is 2.22. The van der Waals surface area contributed by atoms with Gasteiger partial charge in [0.05, 0.1) is 0 Å². The number of aryl methyl sites for hydroxylation is 3. The van der Waals surface area contributed by atoms with Crippen molar-refractivity contribution < 1.29 is 9.90 Å². The van der Waals surface area contributed by atoms with Crippen molar-refractivity contribution in [2.75, 3.05) is 0 Å². The summed E-state index contributed by atoms with van der Waals surface area (Å²) in [6.07, 6.45) is 2.25. The zero-order valence-corrected chi connectivity index (χ0v) is 10.4. The largest absolute Gasteiger partial charge is 0.481 e. The van der Waals surface area contributed by atoms with Crippen molar-refractivity contribution in [3.8, 4) is 0 Å². The predicted molar refractivity (Wildman–Crippen MR) is 63.5 cm³/mol. The van der Waals surface area contributed by atoms with E-state index < -0.39 is 5.97 Å². The normalized spacial score (nSPS) is 12.7. The van der Waals surface area contributed by atoms with E-state index in [1.54, 1.807) is 0 Å². The number of rotatable bonds is 5. The Balaban J connectivity index is 2.43. The minimum atomic E-state index is -0.694. The van der Waals surface area contributed by atoms with Gasteiger partial charge in [-0.3, -0.25) is 4.79 Å². The molecule has 3 heteroatoms. The van der Waals surface area contributed by atoms with Gasteiger partial charge in [0, 0.05) is 16.2 Å². The Morgan fingerprint density at radius 2 is 2.20 bits per heavy atom. The van der Waals surface area contributed by atoms with E-state index in [1.165, 1.54) is 15.3 Å². The molecule has 0 radical (unpaired) electrons. The molecule has 1 aromatic rings. The molecule has 0 aliphatic heterocycles. The average Bonchev–Trinajstić information content (AvgIpc) is 2.40. The Bertz CT molecular complexity index is 341. The molecule has 84 valence electrons. The van der Waals surface area contributed by atoms with Crippen LogP contribution in [0.5, 0.6) is 0 Å². The van der Waals surface area contributed by atoms with E-state index in [-0.39, 0.29) is 12.3 Å². The lowest BCUT2D eigenvalue weighted by atomic mass is 9.98. The van der Waals surface area contributed by atoms with Gasteiger partial charge < -0.3 is 5.11 Å². The van der Waals surface area contributed by atoms with Crippen LogP contribution in [0.3, 0.4) is 0 Å². The highest BCUT2D eigenvalue weighted by atomic mass is 32.1. The van der Waals surface area contributed by atoms with E-state index in [2.05, 4.69) is 19.9 Å². The lowest BCUT2D eigenvalue weighted by Gasteiger charge is -2.07. The molecular weight excluding hydrogens is 208 g/mol. The molecule has 0 bridgehead atoms. The quantitative estimate of drug-likeness (QED) is 0.835. The third-order valence-corrected chi connectivity index (χ3v) is 3.58. The summed E-state index contributed by atoms with van der Waals surface area (Å²) < 4.78 is 0. The Hall–Kier alpha value is -0.830. The zero-order valence-electron chi connectivity index (χ0n) is 9.54. The van der Waals surface area contributed by atoms with E-state index in [9.17, 15) is 4.79 Å². The molecule has 0 spiro atoms. The molecule has 0 aliphatic carbocycles. The van der Waals surface area contributed by atoms with Crippen LogP contribution < -0.4 is 0 Å². The standard InChI is InChI=1S/C12H18O2S/c1-8(6-12(13)14)4-5-11-7-9(2)15-10(11)3/h7-8H,4-6H2,1-3H3,(H,13,14). The molecule has 1 unspecified atom stereocenters. The summed E-state index contributed by atoms with van der Waals surface area (Å²) >= 11 is 1.82. The molecule has 0 saturated carbocycles. The number of carboxylic acid groups (broad SMARTS) is 1. The third-order valence-electron chi connectivity index (χ3n) is 2.57. The molecule has 1 N–H and O–H groups in total. The fourth-order valence-electron chi connectivity index (χ4n) is 1.73. The monoisotopic (exact) mass is 226 g/mol. The first kappa shape index (κ1) is 12.2. The second kappa shape index (κ2) is 5.31. The van der Waals surface area contributed by atoms with Crippen molar-refractivity contribution in [1.29, 1.82) is 0 Å². The number of hydrogen-bond acceptors (Lipinski definition) is 2. The van der Waals surface area contributed by atoms with Gasteiger partial charge in [0.15, 0.2) is 0 Å². The van der Waals surface area contributed by atoms with Gasteiger partial charge in [-0.2, -0.15) is 0 Å². The summed E-state index contributed by atoms with van der Waals surface area (Å²) in [5, 5.41) is 8.64. The number of carboxylic acids is 1. The second-order valence-corrected chi connectivity index (χ2v) is 5.64. The topological polar surface area (TPSA) is 37.3 Å². The number of aliphatic carboxylic acids is 1. The lowest BCUT2D eigenvalue weighted by molar-refractivity contribution is -0.138. The highest BCUT2D eigenvalue weighted by Gasteiger charge is 2.09. The van der Waals surface area contributed by atoms with E-state index in [1.807, 2.05) is 18.3 Å². The van der Waals surface area contributed by atoms with Crippen molar-refractivity contribution >= 4 is 17.3 Å². The molecule has 1 atom stereocenters. The Kier molecular flexibility index (Phi) is 4.33. The third kappa shape index (κ3) is 4.04. The van der Waals surface area contributed by atoms with Gasteiger partial charge in [-0.1, -0.05) is 6.92 Å². The number of hydrogen-bond donors (Lipinski definition) is 1. The van der Waals surface area contributed by atoms with Gasteiger partial charge in [-0.25, -0.2) is 0 Å². The lowest BCUT2D eigenvalue weighted by Crippen LogP contribution is -2.05. The minimum absolute atomic E-state index is 0.266. The summed E-state index contributed by atoms with van der Waals surface area (Å²) in [7, 11) is 0. The molecule has 0 aliphatic rings. The number of carbonyl (C=O) groups is 1. The van der Waals surface area contributed by atoms with Crippen molar-refractivity contribution in [1.82, 2.24) is 0 Å². The van der Waals surface area contributed by atoms with E-state index >= 15 is 0 Å². The molecule has 0 saturated heterocycles. The number of thiophene rings is 1. The molecule has 0 aromatic carbocycles. The van der Waals surface area contributed by atoms with Crippen molar-refractivity contribution in [3.63, 3.8) is 0 Å². The van der Waals surface area contributed by atoms with Gasteiger partial charge in [-0.15, -0.1) is 11.3 Å². The first-order valence-corrected chi connectivity index (χ1v) is 6.08. The van der Waals surface area contributed by atoms with Gasteiger partial charge in [0.1, 0.15) is 0 Å². The molecule has 0 amide bonds. The summed E-state index contributed by atoms with van der Waals surface area (Å²) in [4.78, 5) is 13.2. The van der Waals surface area contributed by atoms with E-state index in [4.69, 9.17) is 5.11 Å². The second-order valence-electron chi connectivity index (χ2n) is 4.18. The van der Waals surface area contributed by atoms with E-state index in [0.717, 1.165) is 12.8 Å². The van der Waals surface area contributed by atoms with Crippen molar-refractivity contribution in [2.45, 2.75) is 40.0 Å². The van der Waals surface area contributed by atoms with E-state index in [0.29, 0.717) is 0 Å². The molecule has 15 heavy (non-hydrogen) atoms. The molecule has 0 fully saturated rings. The highest BCUT2D eigenvalue weighted by Crippen LogP contribution is 2.23. The molecule has 1 aromatic heterocycles. The molecule has 1 rings (SSSR count). The maximum absolute atomic E-state index is 10.5. The van der Waals surface area contributed by atoms with Crippen LogP contribution in [0.1, 0.15) is 35.1 Å². The van der Waals surface area contributed by atoms with Gasteiger partial charge >= 0.3 is 5.97 Å². The van der Waals surface area contributed by atoms with Crippen LogP contribution in [0, 0.1) is 19.8 Å². The van der Waals surface area contributed by atoms with Crippen LogP contribution in [0.2, 0.25) is 0 Å². The first-order valence-electron chi connectivity index (χ1n) is 5.26. The fourth-order valence-corrected chi connectivity index (χ4v) is 2.71. The molecular formula is C12H18O2S. The Morgan fingerprint density at radius 1 is 1.53 bits per heavy atom. The van der Waals surface area contributed by atoms with Crippen molar-refractivity contribution in [2.24, 2.45) is 5.92 Å². The fraction of sp³-hybridized carbons (Fsp3) is 0.583. The van der Waals surface area contributed by atoms with Crippen LogP contribution in [-0.2, 0) is 11.2 Å². The predicted octanol–water partition coefficient (Wildman–Crippen LogP) is 3.41. The van der Waals surface area contributed by atoms with Crippen LogP contribution in [-0.4, -0.2) is 11.1 Å². The SMILES string of the molecule is Cc1cc(CCC(C)CC(=O)O)c(C)s1. The molecule has 1 heterocycles. The Labute approximate surface area is 94.9 Å². The minimum Gasteiger partial charge on any atom is -0.481 e. The first-order chi connectivity index (χ1) is 6.99. The smallest absolute Gasteiger partial charge is 0.303 e. The summed E-state index contributed by atoms with van der Waals surface area (Å²) in [5.74, 6) is -0.428. The van der Waals surface area contributed by atoms with Crippen LogP contribution >= 0.6 is 11.3 Å². The summed E-state index contributed by atoms with van der Waals surface area (Å²) in [6.45, 7) is 6.25. The van der Waals surface area contributed by atoms with Crippen LogP contribution in [0.15, 0.2) is 6.07 Å².